The third-order valence-electron chi connectivity index (χ3n) is 8.56. The molecule has 6 heteroatoms. The highest BCUT2D eigenvalue weighted by atomic mass is 16.5. The van der Waals surface area contributed by atoms with Crippen LogP contribution in [0, 0.1) is 5.92 Å². The minimum Gasteiger partial charge on any atom is -0.454 e. The van der Waals surface area contributed by atoms with Gasteiger partial charge >= 0.3 is 5.97 Å². The van der Waals surface area contributed by atoms with E-state index in [2.05, 4.69) is 10.2 Å². The summed E-state index contributed by atoms with van der Waals surface area (Å²) in [5.74, 6) is 0.276. The van der Waals surface area contributed by atoms with Crippen LogP contribution in [-0.4, -0.2) is 66.6 Å². The van der Waals surface area contributed by atoms with Crippen molar-refractivity contribution >= 4 is 17.6 Å². The quantitative estimate of drug-likeness (QED) is 0.481. The summed E-state index contributed by atoms with van der Waals surface area (Å²) >= 11 is 0. The molecule has 186 valence electrons. The number of amides is 1. The van der Waals surface area contributed by atoms with Gasteiger partial charge in [0.2, 0.25) is 0 Å². The second-order valence-corrected chi connectivity index (χ2v) is 10.8. The summed E-state index contributed by atoms with van der Waals surface area (Å²) in [5.41, 5.74) is 1.04. The van der Waals surface area contributed by atoms with Gasteiger partial charge in [0.1, 0.15) is 12.1 Å². The number of hydrogen-bond donors (Lipinski definition) is 1. The number of fused-ring (bicyclic) bond motifs is 3. The number of benzene rings is 2. The molecule has 4 heterocycles. The Bertz CT molecular complexity index is 1010. The van der Waals surface area contributed by atoms with Crippen molar-refractivity contribution in [2.75, 3.05) is 44.6 Å². The van der Waals surface area contributed by atoms with Crippen LogP contribution in [0.3, 0.4) is 0 Å². The fraction of sp³-hybridized carbons (Fsp3) is 0.517. The fourth-order valence-electron chi connectivity index (χ4n) is 6.39. The molecule has 0 aromatic heterocycles. The predicted octanol–water partition coefficient (Wildman–Crippen LogP) is 4.18. The summed E-state index contributed by atoms with van der Waals surface area (Å²) in [6.45, 7) is 6.96. The van der Waals surface area contributed by atoms with E-state index < -0.39 is 5.54 Å². The van der Waals surface area contributed by atoms with Gasteiger partial charge in [0.15, 0.2) is 12.6 Å². The van der Waals surface area contributed by atoms with Gasteiger partial charge in [-0.25, -0.2) is 4.79 Å². The average molecular weight is 477 g/mol. The highest BCUT2D eigenvalue weighted by molar-refractivity contribution is 5.91. The normalized spacial score (nSPS) is 28.1. The molecule has 2 bridgehead atoms. The number of ether oxygens (including phenoxy) is 1. The molecule has 0 spiro atoms. The van der Waals surface area contributed by atoms with Gasteiger partial charge in [0, 0.05) is 24.4 Å². The van der Waals surface area contributed by atoms with E-state index in [4.69, 9.17) is 4.74 Å². The molecular formula is C29H38N3O3+. The molecule has 0 unspecified atom stereocenters. The van der Waals surface area contributed by atoms with Crippen LogP contribution in [0.5, 0.6) is 0 Å². The first kappa shape index (κ1) is 24.0. The minimum absolute atomic E-state index is 0.0315. The van der Waals surface area contributed by atoms with Crippen LogP contribution in [0.4, 0.5) is 5.69 Å². The van der Waals surface area contributed by atoms with Crippen LogP contribution in [0.15, 0.2) is 60.7 Å². The Morgan fingerprint density at radius 1 is 0.971 bits per heavy atom. The van der Waals surface area contributed by atoms with E-state index in [-0.39, 0.29) is 18.0 Å². The SMILES string of the molecule is C[C@@](C(=O)O[C@@H]1C[N+]2(CC(=O)Nc3ccccc3)CCC1CC2)(c1ccccc1)N1CCCCC1. The first-order valence-corrected chi connectivity index (χ1v) is 13.2. The molecule has 4 aliphatic rings. The lowest BCUT2D eigenvalue weighted by atomic mass is 9.82. The van der Waals surface area contributed by atoms with Crippen LogP contribution in [0.1, 0.15) is 44.6 Å². The second kappa shape index (κ2) is 10.1. The number of nitrogens with one attached hydrogen (secondary N) is 1. The largest absolute Gasteiger partial charge is 0.454 e. The fourth-order valence-corrected chi connectivity index (χ4v) is 6.39. The maximum Gasteiger partial charge on any atom is 0.331 e. The standard InChI is InChI=1S/C29H37N3O3/c1-29(24-11-5-2-6-12-24,31-17-9-4-10-18-31)28(34)35-26-21-32(19-15-23(26)16-20-32)22-27(33)30-25-13-7-3-8-14-25/h2-3,5-8,11-14,23,26H,4,9-10,15-22H2,1H3/p+1/t23?,26-,29+,32?/m1/s1. The Hall–Kier alpha value is -2.70. The molecule has 6 nitrogen and oxygen atoms in total. The topological polar surface area (TPSA) is 58.6 Å². The molecule has 2 aromatic rings. The van der Waals surface area contributed by atoms with Crippen molar-refractivity contribution in [2.24, 2.45) is 5.92 Å². The van der Waals surface area contributed by atoms with Crippen molar-refractivity contribution in [3.05, 3.63) is 66.2 Å². The average Bonchev–Trinajstić information content (AvgIpc) is 2.90. The zero-order valence-electron chi connectivity index (χ0n) is 20.8. The first-order chi connectivity index (χ1) is 17.0. The monoisotopic (exact) mass is 476 g/mol. The number of anilines is 1. The number of carbonyl (C=O) groups excluding carboxylic acids is 2. The van der Waals surface area contributed by atoms with Gasteiger partial charge in [0.05, 0.1) is 13.1 Å². The third-order valence-corrected chi connectivity index (χ3v) is 8.56. The van der Waals surface area contributed by atoms with Crippen LogP contribution >= 0.6 is 0 Å². The summed E-state index contributed by atoms with van der Waals surface area (Å²) in [5, 5.41) is 3.04. The zero-order valence-corrected chi connectivity index (χ0v) is 20.8. The molecule has 0 aliphatic carbocycles. The predicted molar refractivity (Wildman–Crippen MR) is 137 cm³/mol. The van der Waals surface area contributed by atoms with Gasteiger partial charge in [-0.3, -0.25) is 9.69 Å². The van der Waals surface area contributed by atoms with E-state index in [1.165, 1.54) is 6.42 Å². The maximum atomic E-state index is 13.9. The van der Waals surface area contributed by atoms with Crippen molar-refractivity contribution in [1.82, 2.24) is 4.90 Å². The molecule has 1 amide bonds. The van der Waals surface area contributed by atoms with Crippen LogP contribution in [0.2, 0.25) is 0 Å². The third kappa shape index (κ3) is 5.00. The van der Waals surface area contributed by atoms with Gasteiger partial charge < -0.3 is 14.5 Å². The molecule has 1 N–H and O–H groups in total. The lowest BCUT2D eigenvalue weighted by Crippen LogP contribution is -2.66. The summed E-state index contributed by atoms with van der Waals surface area (Å²) in [4.78, 5) is 29.1. The molecule has 2 aromatic carbocycles. The van der Waals surface area contributed by atoms with Crippen molar-refractivity contribution in [3.63, 3.8) is 0 Å². The number of esters is 1. The Balaban J connectivity index is 1.30. The molecule has 0 radical (unpaired) electrons. The second-order valence-electron chi connectivity index (χ2n) is 10.8. The van der Waals surface area contributed by atoms with Crippen molar-refractivity contribution in [2.45, 2.75) is 50.7 Å². The van der Waals surface area contributed by atoms with E-state index in [0.717, 1.165) is 69.7 Å². The van der Waals surface area contributed by atoms with Gasteiger partial charge in [-0.05, 0) is 50.6 Å². The van der Waals surface area contributed by atoms with Crippen molar-refractivity contribution in [3.8, 4) is 0 Å². The number of nitrogens with zero attached hydrogens (tertiary/aromatic N) is 2. The minimum atomic E-state index is -0.788. The van der Waals surface area contributed by atoms with E-state index in [1.807, 2.05) is 67.6 Å². The van der Waals surface area contributed by atoms with Crippen LogP contribution in [-0.2, 0) is 19.9 Å². The number of quaternary nitrogens is 1. The Labute approximate surface area is 208 Å². The molecule has 35 heavy (non-hydrogen) atoms. The molecule has 4 aliphatic heterocycles. The Morgan fingerprint density at radius 3 is 2.26 bits per heavy atom. The molecular weight excluding hydrogens is 438 g/mol. The number of likely N-dealkylation sites (tertiary alicyclic amines) is 1. The van der Waals surface area contributed by atoms with E-state index in [0.29, 0.717) is 16.9 Å². The molecule has 4 saturated heterocycles. The first-order valence-electron chi connectivity index (χ1n) is 13.2. The van der Waals surface area contributed by atoms with Crippen molar-refractivity contribution < 1.29 is 18.8 Å². The number of para-hydroxylation sites is 1. The number of piperidine rings is 4. The molecule has 4 fully saturated rings. The summed E-state index contributed by atoms with van der Waals surface area (Å²) in [6, 6.07) is 19.7. The Kier molecular flexibility index (Phi) is 6.94. The number of rotatable bonds is 7. The van der Waals surface area contributed by atoms with Crippen molar-refractivity contribution in [1.29, 1.82) is 0 Å². The van der Waals surface area contributed by atoms with Gasteiger partial charge in [0.25, 0.3) is 5.91 Å². The van der Waals surface area contributed by atoms with Gasteiger partial charge in [-0.2, -0.15) is 0 Å². The van der Waals surface area contributed by atoms with E-state index in [9.17, 15) is 9.59 Å². The number of hydrogen-bond acceptors (Lipinski definition) is 4. The lowest BCUT2D eigenvalue weighted by molar-refractivity contribution is -0.939. The summed E-state index contributed by atoms with van der Waals surface area (Å²) in [6.07, 6.45) is 5.30. The lowest BCUT2D eigenvalue weighted by Gasteiger charge is -2.52. The van der Waals surface area contributed by atoms with E-state index in [1.54, 1.807) is 0 Å². The summed E-state index contributed by atoms with van der Waals surface area (Å²) < 4.78 is 7.10. The number of carbonyl (C=O) groups is 2. The van der Waals surface area contributed by atoms with Crippen LogP contribution in [0.25, 0.3) is 0 Å². The Morgan fingerprint density at radius 2 is 1.60 bits per heavy atom. The summed E-state index contributed by atoms with van der Waals surface area (Å²) in [7, 11) is 0. The van der Waals surface area contributed by atoms with Crippen LogP contribution < -0.4 is 5.32 Å². The smallest absolute Gasteiger partial charge is 0.331 e. The maximum absolute atomic E-state index is 13.9. The highest BCUT2D eigenvalue weighted by Gasteiger charge is 2.51. The molecule has 0 saturated carbocycles. The molecule has 6 rings (SSSR count). The van der Waals surface area contributed by atoms with Gasteiger partial charge in [-0.15, -0.1) is 0 Å². The van der Waals surface area contributed by atoms with E-state index >= 15 is 0 Å². The molecule has 2 atom stereocenters. The van der Waals surface area contributed by atoms with Gasteiger partial charge in [-0.1, -0.05) is 55.0 Å². The zero-order chi connectivity index (χ0) is 24.3. The highest BCUT2D eigenvalue weighted by Crippen LogP contribution is 2.38.